The fourth-order valence-electron chi connectivity index (χ4n) is 1.95. The number of hydrogen-bond acceptors (Lipinski definition) is 3. The molecule has 1 aliphatic rings. The molecule has 2 heterocycles. The molecule has 0 aliphatic carbocycles. The SMILES string of the molecule is O=C(O)[C@@H]1C(=O)NC[C@H]1c1c(F)cncc1F. The molecule has 0 spiro atoms. The van der Waals surface area contributed by atoms with Crippen LogP contribution in [0.2, 0.25) is 0 Å². The molecule has 17 heavy (non-hydrogen) atoms. The lowest BCUT2D eigenvalue weighted by Crippen LogP contribution is -2.27. The Morgan fingerprint density at radius 1 is 1.41 bits per heavy atom. The summed E-state index contributed by atoms with van der Waals surface area (Å²) < 4.78 is 26.9. The zero-order valence-corrected chi connectivity index (χ0v) is 8.48. The van der Waals surface area contributed by atoms with Gasteiger partial charge in [-0.25, -0.2) is 8.78 Å². The Morgan fingerprint density at radius 2 is 2.00 bits per heavy atom. The Balaban J connectivity index is 2.46. The van der Waals surface area contributed by atoms with Gasteiger partial charge in [0.05, 0.1) is 12.4 Å². The van der Waals surface area contributed by atoms with Crippen molar-refractivity contribution in [3.63, 3.8) is 0 Å². The van der Waals surface area contributed by atoms with Crippen LogP contribution in [0.4, 0.5) is 8.78 Å². The van der Waals surface area contributed by atoms with E-state index in [0.29, 0.717) is 0 Å². The van der Waals surface area contributed by atoms with Gasteiger partial charge in [0.2, 0.25) is 5.91 Å². The smallest absolute Gasteiger partial charge is 0.316 e. The van der Waals surface area contributed by atoms with Gasteiger partial charge in [-0.2, -0.15) is 0 Å². The normalized spacial score (nSPS) is 23.5. The van der Waals surface area contributed by atoms with E-state index in [-0.39, 0.29) is 6.54 Å². The summed E-state index contributed by atoms with van der Waals surface area (Å²) in [6.07, 6.45) is 1.58. The van der Waals surface area contributed by atoms with Gasteiger partial charge in [0.15, 0.2) is 0 Å². The molecule has 0 radical (unpaired) electrons. The first-order valence-electron chi connectivity index (χ1n) is 4.81. The molecule has 2 atom stereocenters. The maximum absolute atomic E-state index is 13.4. The first-order valence-corrected chi connectivity index (χ1v) is 4.81. The lowest BCUT2D eigenvalue weighted by molar-refractivity contribution is -0.145. The summed E-state index contributed by atoms with van der Waals surface area (Å²) in [6.45, 7) is -0.104. The molecule has 1 aromatic rings. The van der Waals surface area contributed by atoms with Crippen LogP contribution in [-0.2, 0) is 9.59 Å². The second-order valence-corrected chi connectivity index (χ2v) is 3.68. The van der Waals surface area contributed by atoms with Gasteiger partial charge in [-0.1, -0.05) is 0 Å². The molecular weight excluding hydrogens is 234 g/mol. The van der Waals surface area contributed by atoms with Crippen molar-refractivity contribution in [3.8, 4) is 0 Å². The number of amides is 1. The summed E-state index contributed by atoms with van der Waals surface area (Å²) in [4.78, 5) is 25.5. The highest BCUT2D eigenvalue weighted by Gasteiger charge is 2.43. The van der Waals surface area contributed by atoms with E-state index in [1.807, 2.05) is 0 Å². The Hall–Kier alpha value is -2.05. The third-order valence-electron chi connectivity index (χ3n) is 2.71. The molecule has 2 N–H and O–H groups in total. The molecule has 5 nitrogen and oxygen atoms in total. The summed E-state index contributed by atoms with van der Waals surface area (Å²) in [6, 6.07) is 0. The van der Waals surface area contributed by atoms with Gasteiger partial charge in [0, 0.05) is 18.0 Å². The number of carboxylic acid groups (broad SMARTS) is 1. The predicted molar refractivity (Wildman–Crippen MR) is 51.0 cm³/mol. The molecule has 0 saturated carbocycles. The van der Waals surface area contributed by atoms with Crippen LogP contribution in [0.15, 0.2) is 12.4 Å². The van der Waals surface area contributed by atoms with E-state index in [0.717, 1.165) is 12.4 Å². The van der Waals surface area contributed by atoms with Crippen molar-refractivity contribution in [1.82, 2.24) is 10.3 Å². The summed E-state index contributed by atoms with van der Waals surface area (Å²) >= 11 is 0. The van der Waals surface area contributed by atoms with Crippen LogP contribution in [0.3, 0.4) is 0 Å². The van der Waals surface area contributed by atoms with E-state index >= 15 is 0 Å². The van der Waals surface area contributed by atoms with Gasteiger partial charge < -0.3 is 10.4 Å². The molecule has 1 fully saturated rings. The van der Waals surface area contributed by atoms with Crippen LogP contribution in [0.1, 0.15) is 11.5 Å². The van der Waals surface area contributed by atoms with E-state index in [1.54, 1.807) is 0 Å². The second kappa shape index (κ2) is 4.08. The third kappa shape index (κ3) is 1.83. The van der Waals surface area contributed by atoms with Crippen LogP contribution >= 0.6 is 0 Å². The zero-order chi connectivity index (χ0) is 12.6. The molecule has 1 saturated heterocycles. The topological polar surface area (TPSA) is 79.3 Å². The van der Waals surface area contributed by atoms with Crippen LogP contribution in [0.25, 0.3) is 0 Å². The Labute approximate surface area is 94.5 Å². The number of aliphatic carboxylic acids is 1. The number of nitrogens with one attached hydrogen (secondary N) is 1. The largest absolute Gasteiger partial charge is 0.481 e. The van der Waals surface area contributed by atoms with Crippen LogP contribution in [0.5, 0.6) is 0 Å². The third-order valence-corrected chi connectivity index (χ3v) is 2.71. The minimum atomic E-state index is -1.47. The standard InChI is InChI=1S/C10H8F2N2O3/c11-5-2-13-3-6(12)7(5)4-1-14-9(15)8(4)10(16)17/h2-4,8H,1H2,(H,14,15)(H,16,17)/t4-,8-/m0/s1. The molecule has 2 rings (SSSR count). The van der Waals surface area contributed by atoms with Crippen LogP contribution in [-0.4, -0.2) is 28.5 Å². The average Bonchev–Trinajstić information content (AvgIpc) is 2.60. The van der Waals surface area contributed by atoms with E-state index in [9.17, 15) is 18.4 Å². The van der Waals surface area contributed by atoms with Crippen molar-refractivity contribution in [1.29, 1.82) is 0 Å². The minimum Gasteiger partial charge on any atom is -0.481 e. The molecule has 1 aliphatic heterocycles. The number of halogens is 2. The van der Waals surface area contributed by atoms with Crippen molar-refractivity contribution in [3.05, 3.63) is 29.6 Å². The fraction of sp³-hybridized carbons (Fsp3) is 0.300. The van der Waals surface area contributed by atoms with Crippen LogP contribution in [0, 0.1) is 17.6 Å². The lowest BCUT2D eigenvalue weighted by atomic mass is 9.88. The second-order valence-electron chi connectivity index (χ2n) is 3.68. The number of hydrogen-bond donors (Lipinski definition) is 2. The monoisotopic (exact) mass is 242 g/mol. The molecule has 90 valence electrons. The predicted octanol–water partition coefficient (Wildman–Crippen LogP) is 0.274. The van der Waals surface area contributed by atoms with E-state index < -0.39 is 40.9 Å². The highest BCUT2D eigenvalue weighted by Crippen LogP contribution is 2.32. The fourth-order valence-corrected chi connectivity index (χ4v) is 1.95. The molecule has 1 aromatic heterocycles. The minimum absolute atomic E-state index is 0.104. The first kappa shape index (κ1) is 11.4. The lowest BCUT2D eigenvalue weighted by Gasteiger charge is -2.14. The number of carboxylic acids is 1. The molecule has 0 unspecified atom stereocenters. The number of carbonyl (C=O) groups excluding carboxylic acids is 1. The maximum Gasteiger partial charge on any atom is 0.316 e. The van der Waals surface area contributed by atoms with Gasteiger partial charge in [0.25, 0.3) is 0 Å². The van der Waals surface area contributed by atoms with E-state index in [2.05, 4.69) is 10.3 Å². The number of carbonyl (C=O) groups is 2. The number of nitrogens with zero attached hydrogens (tertiary/aromatic N) is 1. The molecule has 0 aromatic carbocycles. The number of rotatable bonds is 2. The summed E-state index contributed by atoms with van der Waals surface area (Å²) in [7, 11) is 0. The van der Waals surface area contributed by atoms with Gasteiger partial charge in [-0.3, -0.25) is 14.6 Å². The molecule has 1 amide bonds. The summed E-state index contributed by atoms with van der Waals surface area (Å²) in [5, 5.41) is 11.2. The molecular formula is C10H8F2N2O3. The quantitative estimate of drug-likeness (QED) is 0.730. The Kier molecular flexibility index (Phi) is 2.74. The van der Waals surface area contributed by atoms with Crippen molar-refractivity contribution < 1.29 is 23.5 Å². The molecule has 0 bridgehead atoms. The van der Waals surface area contributed by atoms with E-state index in [1.165, 1.54) is 0 Å². The van der Waals surface area contributed by atoms with E-state index in [4.69, 9.17) is 5.11 Å². The maximum atomic E-state index is 13.4. The zero-order valence-electron chi connectivity index (χ0n) is 8.48. The summed E-state index contributed by atoms with van der Waals surface area (Å²) in [5.74, 6) is -6.56. The average molecular weight is 242 g/mol. The van der Waals surface area contributed by atoms with Crippen molar-refractivity contribution in [2.45, 2.75) is 5.92 Å². The molecule has 7 heteroatoms. The van der Waals surface area contributed by atoms with Crippen molar-refractivity contribution in [2.24, 2.45) is 5.92 Å². The van der Waals surface area contributed by atoms with Crippen LogP contribution < -0.4 is 5.32 Å². The summed E-state index contributed by atoms with van der Waals surface area (Å²) in [5.41, 5.74) is -0.411. The van der Waals surface area contributed by atoms with Gasteiger partial charge in [-0.05, 0) is 0 Å². The van der Waals surface area contributed by atoms with Gasteiger partial charge in [-0.15, -0.1) is 0 Å². The highest BCUT2D eigenvalue weighted by molar-refractivity contribution is 5.99. The first-order chi connectivity index (χ1) is 8.02. The van der Waals surface area contributed by atoms with Crippen molar-refractivity contribution >= 4 is 11.9 Å². The highest BCUT2D eigenvalue weighted by atomic mass is 19.1. The number of pyridine rings is 1. The van der Waals surface area contributed by atoms with Gasteiger partial charge in [0.1, 0.15) is 17.6 Å². The Bertz CT molecular complexity index is 472. The van der Waals surface area contributed by atoms with Crippen molar-refractivity contribution in [2.75, 3.05) is 6.54 Å². The van der Waals surface area contributed by atoms with Gasteiger partial charge >= 0.3 is 5.97 Å². The number of aromatic nitrogens is 1. The Morgan fingerprint density at radius 3 is 2.53 bits per heavy atom.